The molecular formula is C32H31N3O5. The van der Waals surface area contributed by atoms with Gasteiger partial charge >= 0.3 is 11.9 Å². The molecule has 0 spiro atoms. The minimum Gasteiger partial charge on any atom is -0.463 e. The van der Waals surface area contributed by atoms with E-state index in [1.807, 2.05) is 49.4 Å². The molecule has 2 aliphatic heterocycles. The number of ether oxygens (including phenoxy) is 2. The highest BCUT2D eigenvalue weighted by molar-refractivity contribution is 6.21. The zero-order valence-corrected chi connectivity index (χ0v) is 22.9. The number of allylic oxidation sites excluding steroid dienone is 2. The lowest BCUT2D eigenvalue weighted by Gasteiger charge is -2.32. The van der Waals surface area contributed by atoms with Crippen molar-refractivity contribution in [2.75, 3.05) is 13.2 Å². The van der Waals surface area contributed by atoms with Gasteiger partial charge in [0, 0.05) is 23.0 Å². The standard InChI is InChI=1S/C32H31N3O5/c1-5-39-31(37)22-9-7-8-21(16-22)24-15-14-23(34-24)17-25-29(36)28-27(20-12-10-18(3)11-13-20)26(32(38)40-6-2)19(4)33-30(28)35-25/h7-17,27-28,34H,5-6H2,1-4H3,(H,33,35)/b25-17-. The van der Waals surface area contributed by atoms with Crippen LogP contribution in [0.2, 0.25) is 0 Å². The highest BCUT2D eigenvalue weighted by Gasteiger charge is 2.47. The van der Waals surface area contributed by atoms with Crippen molar-refractivity contribution >= 4 is 29.6 Å². The molecule has 0 aliphatic carbocycles. The molecule has 1 aromatic heterocycles. The summed E-state index contributed by atoms with van der Waals surface area (Å²) < 4.78 is 10.5. The van der Waals surface area contributed by atoms with Gasteiger partial charge in [-0.05, 0) is 69.2 Å². The highest BCUT2D eigenvalue weighted by atomic mass is 16.5. The van der Waals surface area contributed by atoms with Gasteiger partial charge in [0.15, 0.2) is 5.78 Å². The summed E-state index contributed by atoms with van der Waals surface area (Å²) in [7, 11) is 0. The largest absolute Gasteiger partial charge is 0.463 e. The molecule has 2 atom stereocenters. The average Bonchev–Trinajstić information content (AvgIpc) is 3.53. The number of aliphatic imine (C=N–C) groups is 1. The molecule has 5 rings (SSSR count). The normalized spacial score (nSPS) is 19.2. The van der Waals surface area contributed by atoms with E-state index >= 15 is 0 Å². The van der Waals surface area contributed by atoms with Gasteiger partial charge in [-0.15, -0.1) is 0 Å². The lowest BCUT2D eigenvalue weighted by atomic mass is 9.75. The molecule has 0 radical (unpaired) electrons. The van der Waals surface area contributed by atoms with Crippen LogP contribution in [0.3, 0.4) is 0 Å². The van der Waals surface area contributed by atoms with E-state index in [-0.39, 0.29) is 24.1 Å². The number of benzene rings is 2. The van der Waals surface area contributed by atoms with Gasteiger partial charge in [-0.3, -0.25) is 4.79 Å². The van der Waals surface area contributed by atoms with Crippen molar-refractivity contribution in [2.45, 2.75) is 33.6 Å². The smallest absolute Gasteiger partial charge is 0.338 e. The molecule has 0 fully saturated rings. The zero-order chi connectivity index (χ0) is 28.4. The number of carbonyl (C=O) groups excluding carboxylic acids is 3. The van der Waals surface area contributed by atoms with Gasteiger partial charge in [-0.1, -0.05) is 42.0 Å². The Morgan fingerprint density at radius 1 is 0.925 bits per heavy atom. The third kappa shape index (κ3) is 5.12. The Morgan fingerprint density at radius 3 is 2.38 bits per heavy atom. The Labute approximate surface area is 232 Å². The number of nitrogens with one attached hydrogen (secondary N) is 2. The summed E-state index contributed by atoms with van der Waals surface area (Å²) in [4.78, 5) is 47.0. The summed E-state index contributed by atoms with van der Waals surface area (Å²) in [5.74, 6) is -1.68. The number of aromatic nitrogens is 1. The molecule has 0 bridgehead atoms. The van der Waals surface area contributed by atoms with Gasteiger partial charge in [0.1, 0.15) is 11.5 Å². The number of carbonyl (C=O) groups is 3. The van der Waals surface area contributed by atoms with Crippen LogP contribution >= 0.6 is 0 Å². The van der Waals surface area contributed by atoms with Crippen LogP contribution in [0.1, 0.15) is 53.9 Å². The van der Waals surface area contributed by atoms with Crippen LogP contribution in [-0.2, 0) is 19.1 Å². The van der Waals surface area contributed by atoms with E-state index in [2.05, 4.69) is 15.3 Å². The lowest BCUT2D eigenvalue weighted by molar-refractivity contribution is -0.139. The van der Waals surface area contributed by atoms with Crippen LogP contribution in [0.25, 0.3) is 17.3 Å². The van der Waals surface area contributed by atoms with Crippen molar-refractivity contribution in [1.29, 1.82) is 0 Å². The summed E-state index contributed by atoms with van der Waals surface area (Å²) in [6.45, 7) is 7.86. The van der Waals surface area contributed by atoms with Crippen molar-refractivity contribution in [3.8, 4) is 11.3 Å². The molecule has 40 heavy (non-hydrogen) atoms. The molecule has 0 saturated carbocycles. The monoisotopic (exact) mass is 537 g/mol. The number of amidine groups is 1. The van der Waals surface area contributed by atoms with Crippen LogP contribution in [-0.4, -0.2) is 41.8 Å². The summed E-state index contributed by atoms with van der Waals surface area (Å²) in [6.07, 6.45) is 1.71. The zero-order valence-electron chi connectivity index (χ0n) is 22.9. The number of nitrogens with zero attached hydrogens (tertiary/aromatic N) is 1. The molecule has 204 valence electrons. The van der Waals surface area contributed by atoms with Gasteiger partial charge < -0.3 is 19.8 Å². The maximum atomic E-state index is 13.8. The predicted octanol–water partition coefficient (Wildman–Crippen LogP) is 5.33. The number of fused-ring (bicyclic) bond motifs is 1. The summed E-state index contributed by atoms with van der Waals surface area (Å²) in [5, 5.41) is 3.20. The minimum atomic E-state index is -0.673. The van der Waals surface area contributed by atoms with Crippen LogP contribution in [0.5, 0.6) is 0 Å². The fraction of sp³-hybridized carbons (Fsp3) is 0.250. The van der Waals surface area contributed by atoms with Crippen LogP contribution in [0, 0.1) is 12.8 Å². The van der Waals surface area contributed by atoms with E-state index in [4.69, 9.17) is 9.47 Å². The molecule has 2 unspecified atom stereocenters. The summed E-state index contributed by atoms with van der Waals surface area (Å²) >= 11 is 0. The fourth-order valence-electron chi connectivity index (χ4n) is 5.18. The summed E-state index contributed by atoms with van der Waals surface area (Å²) in [5.41, 5.74) is 6.03. The number of esters is 2. The number of aryl methyl sites for hydroxylation is 1. The summed E-state index contributed by atoms with van der Waals surface area (Å²) in [6, 6.07) is 18.7. The SMILES string of the molecule is CCOC(=O)C1=C(C)NC2=N/C(=C\c3ccc(-c4cccc(C(=O)OCC)c4)[nH]3)C(=O)C2C1c1ccc(C)cc1. The van der Waals surface area contributed by atoms with Crippen molar-refractivity contribution in [3.63, 3.8) is 0 Å². The molecule has 2 aromatic carbocycles. The average molecular weight is 538 g/mol. The van der Waals surface area contributed by atoms with E-state index in [1.165, 1.54) is 0 Å². The van der Waals surface area contributed by atoms with E-state index in [1.54, 1.807) is 45.0 Å². The van der Waals surface area contributed by atoms with Gasteiger partial charge in [0.25, 0.3) is 0 Å². The predicted molar refractivity (Wildman–Crippen MR) is 152 cm³/mol. The van der Waals surface area contributed by atoms with Crippen molar-refractivity contribution in [1.82, 2.24) is 10.3 Å². The van der Waals surface area contributed by atoms with Crippen LogP contribution in [0.4, 0.5) is 0 Å². The molecule has 8 nitrogen and oxygen atoms in total. The quantitative estimate of drug-likeness (QED) is 0.311. The number of Topliss-reactive ketones (excluding diaryl/α,β-unsaturated/α-hetero) is 1. The lowest BCUT2D eigenvalue weighted by Crippen LogP contribution is -2.42. The van der Waals surface area contributed by atoms with Gasteiger partial charge in [0.05, 0.1) is 30.3 Å². The Bertz CT molecular complexity index is 1580. The van der Waals surface area contributed by atoms with Gasteiger partial charge in [-0.25, -0.2) is 14.6 Å². The van der Waals surface area contributed by atoms with Crippen molar-refractivity contribution in [3.05, 3.63) is 100 Å². The third-order valence-corrected chi connectivity index (χ3v) is 7.05. The maximum absolute atomic E-state index is 13.8. The Hall–Kier alpha value is -4.72. The molecule has 2 N–H and O–H groups in total. The first kappa shape index (κ1) is 26.9. The molecule has 2 aliphatic rings. The number of hydrogen-bond donors (Lipinski definition) is 2. The number of ketones is 1. The second-order valence-corrected chi connectivity index (χ2v) is 9.77. The van der Waals surface area contributed by atoms with Crippen molar-refractivity contribution < 1.29 is 23.9 Å². The number of rotatable bonds is 7. The van der Waals surface area contributed by atoms with E-state index in [0.29, 0.717) is 35.0 Å². The fourth-order valence-corrected chi connectivity index (χ4v) is 5.18. The Balaban J connectivity index is 1.47. The number of hydrogen-bond acceptors (Lipinski definition) is 7. The second-order valence-electron chi connectivity index (χ2n) is 9.77. The topological polar surface area (TPSA) is 110 Å². The molecule has 0 saturated heterocycles. The Kier molecular flexibility index (Phi) is 7.51. The van der Waals surface area contributed by atoms with E-state index in [9.17, 15) is 14.4 Å². The third-order valence-electron chi connectivity index (χ3n) is 7.05. The molecular weight excluding hydrogens is 506 g/mol. The highest BCUT2D eigenvalue weighted by Crippen LogP contribution is 2.42. The minimum absolute atomic E-state index is 0.178. The van der Waals surface area contributed by atoms with Crippen molar-refractivity contribution in [2.24, 2.45) is 10.9 Å². The molecule has 0 amide bonds. The maximum Gasteiger partial charge on any atom is 0.338 e. The first-order chi connectivity index (χ1) is 19.3. The van der Waals surface area contributed by atoms with Crippen LogP contribution in [0.15, 0.2) is 82.6 Å². The van der Waals surface area contributed by atoms with E-state index < -0.39 is 17.8 Å². The number of H-pyrrole nitrogens is 1. The van der Waals surface area contributed by atoms with Crippen LogP contribution < -0.4 is 5.32 Å². The van der Waals surface area contributed by atoms with Gasteiger partial charge in [-0.2, -0.15) is 0 Å². The number of aromatic amines is 1. The second kappa shape index (κ2) is 11.2. The van der Waals surface area contributed by atoms with E-state index in [0.717, 1.165) is 22.4 Å². The van der Waals surface area contributed by atoms with Gasteiger partial charge in [0.2, 0.25) is 0 Å². The molecule has 8 heteroatoms. The first-order valence-electron chi connectivity index (χ1n) is 13.3. The Morgan fingerprint density at radius 2 is 1.65 bits per heavy atom. The molecule has 3 aromatic rings. The molecule has 3 heterocycles. The first-order valence-corrected chi connectivity index (χ1v) is 13.3.